The Kier molecular flexibility index (Phi) is 7.07. The number of hydrogen-bond acceptors (Lipinski definition) is 2. The topological polar surface area (TPSA) is 30.2 Å². The molecule has 3 aromatic heterocycles. The van der Waals surface area contributed by atoms with Crippen LogP contribution in [0.3, 0.4) is 0 Å². The molecule has 0 atom stereocenters. The van der Waals surface area contributed by atoms with E-state index in [4.69, 9.17) is 35.4 Å². The average molecular weight is 636 g/mol. The summed E-state index contributed by atoms with van der Waals surface area (Å²) in [5.74, 6) is 0.464. The molecule has 0 saturated heterocycles. The van der Waals surface area contributed by atoms with E-state index in [1.165, 1.54) is 10.8 Å². The van der Waals surface area contributed by atoms with Gasteiger partial charge < -0.3 is 0 Å². The Bertz CT molecular complexity index is 1280. The van der Waals surface area contributed by atoms with E-state index in [9.17, 15) is 0 Å². The van der Waals surface area contributed by atoms with Crippen molar-refractivity contribution in [1.82, 2.24) is 14.4 Å². The zero-order valence-electron chi connectivity index (χ0n) is 15.6. The second kappa shape index (κ2) is 9.94. The SMILES string of the molecule is ClCc1ccn2c(-c3cccc4ccccc34)c(-c3ccccn3)nc2c1.[Cl][Pt][Cl]. The van der Waals surface area contributed by atoms with Crippen LogP contribution in [0.2, 0.25) is 0 Å². The second-order valence-electron chi connectivity index (χ2n) is 6.49. The first kappa shape index (κ1) is 21.3. The van der Waals surface area contributed by atoms with Crippen molar-refractivity contribution in [1.29, 1.82) is 0 Å². The van der Waals surface area contributed by atoms with Crippen LogP contribution in [-0.4, -0.2) is 14.4 Å². The molecule has 0 aliphatic heterocycles. The van der Waals surface area contributed by atoms with Gasteiger partial charge in [-0.2, -0.15) is 0 Å². The molecule has 0 amide bonds. The normalized spacial score (nSPS) is 10.9. The van der Waals surface area contributed by atoms with Gasteiger partial charge >= 0.3 is 35.3 Å². The van der Waals surface area contributed by atoms with Crippen molar-refractivity contribution < 1.29 is 16.5 Å². The molecule has 0 aliphatic rings. The van der Waals surface area contributed by atoms with Gasteiger partial charge in [0.05, 0.1) is 11.4 Å². The zero-order chi connectivity index (χ0) is 20.9. The molecule has 0 N–H and O–H groups in total. The monoisotopic (exact) mass is 634 g/mol. The Morgan fingerprint density at radius 2 is 1.67 bits per heavy atom. The molecule has 3 nitrogen and oxygen atoms in total. The molecule has 7 heteroatoms. The second-order valence-corrected chi connectivity index (χ2v) is 10.0. The van der Waals surface area contributed by atoms with Crippen LogP contribution >= 0.6 is 30.4 Å². The van der Waals surface area contributed by atoms with E-state index in [-0.39, 0.29) is 0 Å². The molecule has 0 bridgehead atoms. The first-order chi connectivity index (χ1) is 14.8. The molecule has 5 rings (SSSR count). The van der Waals surface area contributed by atoms with Gasteiger partial charge in [-0.05, 0) is 40.6 Å². The van der Waals surface area contributed by atoms with Crippen molar-refractivity contribution in [2.24, 2.45) is 0 Å². The number of fused-ring (bicyclic) bond motifs is 2. The molecular weight excluding hydrogens is 620 g/mol. The molecule has 0 fully saturated rings. The summed E-state index contributed by atoms with van der Waals surface area (Å²) < 4.78 is 2.13. The molecule has 0 radical (unpaired) electrons. The quantitative estimate of drug-likeness (QED) is 0.194. The van der Waals surface area contributed by atoms with Crippen LogP contribution in [0.25, 0.3) is 39.1 Å². The van der Waals surface area contributed by atoms with E-state index in [0.29, 0.717) is 5.88 Å². The maximum absolute atomic E-state index is 6.04. The summed E-state index contributed by atoms with van der Waals surface area (Å²) in [7, 11) is 9.75. The predicted octanol–water partition coefficient (Wildman–Crippen LogP) is 7.33. The Morgan fingerprint density at radius 3 is 2.43 bits per heavy atom. The molecule has 0 saturated carbocycles. The number of nitrogens with zero attached hydrogens (tertiary/aromatic N) is 3. The predicted molar refractivity (Wildman–Crippen MR) is 123 cm³/mol. The summed E-state index contributed by atoms with van der Waals surface area (Å²) in [6.45, 7) is 0. The van der Waals surface area contributed by atoms with E-state index >= 15 is 0 Å². The number of rotatable bonds is 3. The van der Waals surface area contributed by atoms with Gasteiger partial charge in [0.15, 0.2) is 0 Å². The maximum atomic E-state index is 6.04. The average Bonchev–Trinajstić information content (AvgIpc) is 3.18. The number of benzene rings is 2. The molecule has 5 aromatic rings. The fourth-order valence-corrected chi connectivity index (χ4v) is 3.71. The number of halogens is 3. The van der Waals surface area contributed by atoms with Crippen LogP contribution < -0.4 is 0 Å². The summed E-state index contributed by atoms with van der Waals surface area (Å²) in [5.41, 5.74) is 5.83. The number of alkyl halides is 1. The summed E-state index contributed by atoms with van der Waals surface area (Å²) in [6.07, 6.45) is 3.85. The molecular formula is C23H16Cl3N3Pt. The molecule has 3 heterocycles. The van der Waals surface area contributed by atoms with Gasteiger partial charge in [0.1, 0.15) is 11.3 Å². The third-order valence-corrected chi connectivity index (χ3v) is 5.11. The summed E-state index contributed by atoms with van der Waals surface area (Å²) in [6, 6.07) is 24.8. The number of aromatic nitrogens is 3. The van der Waals surface area contributed by atoms with Crippen LogP contribution in [0, 0.1) is 0 Å². The summed E-state index contributed by atoms with van der Waals surface area (Å²) in [4.78, 5) is 9.47. The number of pyridine rings is 2. The fraction of sp³-hybridized carbons (Fsp3) is 0.0435. The third kappa shape index (κ3) is 4.26. The van der Waals surface area contributed by atoms with Gasteiger partial charge in [-0.1, -0.05) is 48.5 Å². The minimum atomic E-state index is -0.472. The fourth-order valence-electron chi connectivity index (χ4n) is 3.54. The van der Waals surface area contributed by atoms with E-state index in [0.717, 1.165) is 33.9 Å². The van der Waals surface area contributed by atoms with Gasteiger partial charge in [-0.25, -0.2) is 4.98 Å². The Balaban J connectivity index is 0.000000687. The number of imidazole rings is 1. The number of hydrogen-bond donors (Lipinski definition) is 0. The van der Waals surface area contributed by atoms with E-state index < -0.39 is 16.5 Å². The van der Waals surface area contributed by atoms with Crippen LogP contribution in [0.5, 0.6) is 0 Å². The van der Waals surface area contributed by atoms with Crippen LogP contribution in [0.15, 0.2) is 85.2 Å². The van der Waals surface area contributed by atoms with Crippen molar-refractivity contribution in [3.63, 3.8) is 0 Å². The van der Waals surface area contributed by atoms with Crippen LogP contribution in [0.4, 0.5) is 0 Å². The first-order valence-electron chi connectivity index (χ1n) is 9.05. The molecule has 0 spiro atoms. The Labute approximate surface area is 196 Å². The summed E-state index contributed by atoms with van der Waals surface area (Å²) >= 11 is 5.56. The minimum absolute atomic E-state index is 0.464. The first-order valence-corrected chi connectivity index (χ1v) is 15.2. The molecule has 154 valence electrons. The third-order valence-electron chi connectivity index (χ3n) is 4.80. The van der Waals surface area contributed by atoms with Crippen LogP contribution in [-0.2, 0) is 22.4 Å². The zero-order valence-corrected chi connectivity index (χ0v) is 20.1. The molecule has 0 unspecified atom stereocenters. The van der Waals surface area contributed by atoms with E-state index in [1.807, 2.05) is 36.5 Å². The Morgan fingerprint density at radius 1 is 0.900 bits per heavy atom. The van der Waals surface area contributed by atoms with Gasteiger partial charge in [0, 0.05) is 23.8 Å². The molecule has 30 heavy (non-hydrogen) atoms. The van der Waals surface area contributed by atoms with Crippen molar-refractivity contribution in [2.75, 3.05) is 0 Å². The van der Waals surface area contributed by atoms with Gasteiger partial charge in [-0.15, -0.1) is 11.6 Å². The molecule has 2 aromatic carbocycles. The summed E-state index contributed by atoms with van der Waals surface area (Å²) in [5, 5.41) is 2.40. The standard InChI is InChI=1S/C23H16ClN3.2ClH.Pt/c24-15-16-11-13-27-21(14-16)26-22(20-10-3-4-12-25-20)23(27)19-9-5-7-17-6-1-2-8-18(17)19;;;/h1-14H,15H2;2*1H;/q;;;+2/p-2. The Hall–Kier alpha value is -1.90. The van der Waals surface area contributed by atoms with Crippen LogP contribution in [0.1, 0.15) is 5.56 Å². The van der Waals surface area contributed by atoms with E-state index in [1.54, 1.807) is 6.20 Å². The van der Waals surface area contributed by atoms with E-state index in [2.05, 4.69) is 51.8 Å². The van der Waals surface area contributed by atoms with Gasteiger partial charge in [0.2, 0.25) is 0 Å². The van der Waals surface area contributed by atoms with Crippen molar-refractivity contribution in [3.05, 3.63) is 90.8 Å². The van der Waals surface area contributed by atoms with Gasteiger partial charge in [-0.3, -0.25) is 9.38 Å². The van der Waals surface area contributed by atoms with Crippen molar-refractivity contribution in [2.45, 2.75) is 5.88 Å². The molecule has 0 aliphatic carbocycles. The van der Waals surface area contributed by atoms with Crippen molar-refractivity contribution in [3.8, 4) is 22.6 Å². The van der Waals surface area contributed by atoms with Crippen molar-refractivity contribution >= 4 is 46.9 Å². The van der Waals surface area contributed by atoms with Gasteiger partial charge in [0.25, 0.3) is 0 Å².